The van der Waals surface area contributed by atoms with E-state index in [0.29, 0.717) is 25.4 Å². The molecule has 0 aliphatic rings. The number of carbonyl (C=O) groups excluding carboxylic acids is 1. The van der Waals surface area contributed by atoms with Gasteiger partial charge in [-0.3, -0.25) is 4.79 Å². The van der Waals surface area contributed by atoms with Crippen LogP contribution in [0.2, 0.25) is 0 Å². The van der Waals surface area contributed by atoms with Crippen molar-refractivity contribution in [2.45, 2.75) is 39.0 Å². The van der Waals surface area contributed by atoms with Crippen LogP contribution in [0.15, 0.2) is 54.6 Å². The van der Waals surface area contributed by atoms with E-state index in [0.717, 1.165) is 17.9 Å². The highest BCUT2D eigenvalue weighted by Gasteiger charge is 2.05. The molecule has 2 rings (SSSR count). The molecule has 2 aromatic rings. The largest absolute Gasteiger partial charge is 0.494 e. The number of carbonyl (C=O) groups is 1. The minimum absolute atomic E-state index is 0.0259. The number of hydrogen-bond acceptors (Lipinski definition) is 2. The molecule has 0 saturated heterocycles. The van der Waals surface area contributed by atoms with Crippen LogP contribution in [0.1, 0.15) is 44.6 Å². The van der Waals surface area contributed by atoms with E-state index in [1.807, 2.05) is 42.5 Å². The molecule has 0 fully saturated rings. The summed E-state index contributed by atoms with van der Waals surface area (Å²) >= 11 is 0. The van der Waals surface area contributed by atoms with E-state index >= 15 is 0 Å². The highest BCUT2D eigenvalue weighted by atomic mass is 16.5. The number of anilines is 1. The predicted octanol–water partition coefficient (Wildman–Crippen LogP) is 5.00. The predicted molar refractivity (Wildman–Crippen MR) is 94.9 cm³/mol. The van der Waals surface area contributed by atoms with Gasteiger partial charge < -0.3 is 10.1 Å². The lowest BCUT2D eigenvalue weighted by Gasteiger charge is -2.10. The van der Waals surface area contributed by atoms with Crippen LogP contribution >= 0.6 is 0 Å². The zero-order chi connectivity index (χ0) is 16.5. The summed E-state index contributed by atoms with van der Waals surface area (Å²) in [5, 5.41) is 2.93. The van der Waals surface area contributed by atoms with Crippen molar-refractivity contribution in [2.75, 3.05) is 11.9 Å². The monoisotopic (exact) mass is 311 g/mol. The van der Waals surface area contributed by atoms with Crippen molar-refractivity contribution < 1.29 is 9.53 Å². The number of ether oxygens (including phenoxy) is 1. The molecule has 1 unspecified atom stereocenters. The Morgan fingerprint density at radius 3 is 2.43 bits per heavy atom. The maximum Gasteiger partial charge on any atom is 0.224 e. The average molecular weight is 311 g/mol. The third-order valence-electron chi connectivity index (χ3n) is 3.94. The van der Waals surface area contributed by atoms with Gasteiger partial charge in [0.2, 0.25) is 5.91 Å². The Labute approximate surface area is 138 Å². The second-order valence-electron chi connectivity index (χ2n) is 5.74. The van der Waals surface area contributed by atoms with E-state index in [2.05, 4.69) is 31.3 Å². The molecular formula is C20H25NO2. The molecule has 0 aliphatic carbocycles. The number of benzene rings is 2. The van der Waals surface area contributed by atoms with E-state index in [1.54, 1.807) is 0 Å². The molecule has 3 heteroatoms. The lowest BCUT2D eigenvalue weighted by molar-refractivity contribution is -0.116. The third-order valence-corrected chi connectivity index (χ3v) is 3.94. The molecule has 2 aromatic carbocycles. The van der Waals surface area contributed by atoms with Gasteiger partial charge in [0, 0.05) is 12.1 Å². The van der Waals surface area contributed by atoms with Crippen LogP contribution in [0.25, 0.3) is 0 Å². The van der Waals surface area contributed by atoms with Crippen LogP contribution in [0, 0.1) is 0 Å². The number of hydrogen-bond donors (Lipinski definition) is 1. The Morgan fingerprint density at radius 2 is 1.78 bits per heavy atom. The van der Waals surface area contributed by atoms with Gasteiger partial charge in [0.1, 0.15) is 5.75 Å². The number of nitrogens with one attached hydrogen (secondary N) is 1. The Balaban J connectivity index is 1.70. The van der Waals surface area contributed by atoms with Crippen molar-refractivity contribution >= 4 is 11.6 Å². The molecule has 23 heavy (non-hydrogen) atoms. The molecule has 0 saturated carbocycles. The summed E-state index contributed by atoms with van der Waals surface area (Å²) in [5.41, 5.74) is 2.16. The van der Waals surface area contributed by atoms with Crippen molar-refractivity contribution in [3.63, 3.8) is 0 Å². The van der Waals surface area contributed by atoms with Gasteiger partial charge in [0.25, 0.3) is 0 Å². The molecule has 1 atom stereocenters. The molecule has 122 valence electrons. The fraction of sp³-hybridized carbons (Fsp3) is 0.350. The summed E-state index contributed by atoms with van der Waals surface area (Å²) in [7, 11) is 0. The normalized spacial score (nSPS) is 11.7. The topological polar surface area (TPSA) is 38.3 Å². The Kier molecular flexibility index (Phi) is 6.67. The third kappa shape index (κ3) is 5.78. The first kappa shape index (κ1) is 17.1. The van der Waals surface area contributed by atoms with Gasteiger partial charge in [-0.1, -0.05) is 44.2 Å². The van der Waals surface area contributed by atoms with Gasteiger partial charge in [-0.25, -0.2) is 0 Å². The van der Waals surface area contributed by atoms with Crippen LogP contribution in [0.3, 0.4) is 0 Å². The van der Waals surface area contributed by atoms with Crippen molar-refractivity contribution in [3.05, 3.63) is 60.2 Å². The molecular weight excluding hydrogens is 286 g/mol. The van der Waals surface area contributed by atoms with Crippen molar-refractivity contribution in [3.8, 4) is 5.75 Å². The van der Waals surface area contributed by atoms with Gasteiger partial charge in [-0.2, -0.15) is 0 Å². The minimum Gasteiger partial charge on any atom is -0.494 e. The Hall–Kier alpha value is -2.29. The maximum atomic E-state index is 11.9. The standard InChI is InChI=1S/C20H25NO2/c1-3-16(2)17-11-13-18(14-12-17)21-20(22)10-7-15-23-19-8-5-4-6-9-19/h4-6,8-9,11-14,16H,3,7,10,15H2,1-2H3,(H,21,22). The Morgan fingerprint density at radius 1 is 1.09 bits per heavy atom. The first-order chi connectivity index (χ1) is 11.2. The molecule has 1 N–H and O–H groups in total. The van der Waals surface area contributed by atoms with Gasteiger partial charge in [0.05, 0.1) is 6.61 Å². The summed E-state index contributed by atoms with van der Waals surface area (Å²) in [6.07, 6.45) is 2.28. The second-order valence-corrected chi connectivity index (χ2v) is 5.74. The number of rotatable bonds is 8. The zero-order valence-corrected chi connectivity index (χ0v) is 13.9. The molecule has 0 bridgehead atoms. The molecule has 0 aliphatic heterocycles. The maximum absolute atomic E-state index is 11.9. The average Bonchev–Trinajstić information content (AvgIpc) is 2.59. The molecule has 0 heterocycles. The van der Waals surface area contributed by atoms with Gasteiger partial charge in [0.15, 0.2) is 0 Å². The van der Waals surface area contributed by atoms with Crippen molar-refractivity contribution in [1.82, 2.24) is 0 Å². The van der Waals surface area contributed by atoms with E-state index in [4.69, 9.17) is 4.74 Å². The van der Waals surface area contributed by atoms with Crippen LogP contribution in [-0.4, -0.2) is 12.5 Å². The lowest BCUT2D eigenvalue weighted by atomic mass is 9.99. The molecule has 0 aromatic heterocycles. The fourth-order valence-electron chi connectivity index (χ4n) is 2.29. The highest BCUT2D eigenvalue weighted by Crippen LogP contribution is 2.20. The summed E-state index contributed by atoms with van der Waals surface area (Å²) in [6.45, 7) is 4.93. The van der Waals surface area contributed by atoms with E-state index in [1.165, 1.54) is 5.56 Å². The van der Waals surface area contributed by atoms with Gasteiger partial charge in [-0.05, 0) is 48.6 Å². The first-order valence-corrected chi connectivity index (χ1v) is 8.26. The van der Waals surface area contributed by atoms with E-state index in [9.17, 15) is 4.79 Å². The molecule has 1 amide bonds. The summed E-state index contributed by atoms with van der Waals surface area (Å²) in [6, 6.07) is 17.8. The van der Waals surface area contributed by atoms with Gasteiger partial charge >= 0.3 is 0 Å². The van der Waals surface area contributed by atoms with Gasteiger partial charge in [-0.15, -0.1) is 0 Å². The summed E-state index contributed by atoms with van der Waals surface area (Å²) < 4.78 is 5.58. The smallest absolute Gasteiger partial charge is 0.224 e. The van der Waals surface area contributed by atoms with Crippen LogP contribution in [0.5, 0.6) is 5.75 Å². The van der Waals surface area contributed by atoms with Crippen LogP contribution < -0.4 is 10.1 Å². The van der Waals surface area contributed by atoms with Crippen molar-refractivity contribution in [1.29, 1.82) is 0 Å². The Bertz CT molecular complexity index is 593. The first-order valence-electron chi connectivity index (χ1n) is 8.26. The quantitative estimate of drug-likeness (QED) is 0.697. The number of para-hydroxylation sites is 1. The molecule has 3 nitrogen and oxygen atoms in total. The zero-order valence-electron chi connectivity index (χ0n) is 13.9. The van der Waals surface area contributed by atoms with Crippen LogP contribution in [0.4, 0.5) is 5.69 Å². The summed E-state index contributed by atoms with van der Waals surface area (Å²) in [4.78, 5) is 11.9. The number of amides is 1. The summed E-state index contributed by atoms with van der Waals surface area (Å²) in [5.74, 6) is 1.42. The van der Waals surface area contributed by atoms with Crippen molar-refractivity contribution in [2.24, 2.45) is 0 Å². The van der Waals surface area contributed by atoms with Crippen LogP contribution in [-0.2, 0) is 4.79 Å². The highest BCUT2D eigenvalue weighted by molar-refractivity contribution is 5.90. The van der Waals surface area contributed by atoms with E-state index < -0.39 is 0 Å². The second kappa shape index (κ2) is 8.99. The molecule has 0 radical (unpaired) electrons. The lowest BCUT2D eigenvalue weighted by Crippen LogP contribution is -2.12. The molecule has 0 spiro atoms. The fourth-order valence-corrected chi connectivity index (χ4v) is 2.29. The minimum atomic E-state index is 0.0259. The SMILES string of the molecule is CCC(C)c1ccc(NC(=O)CCCOc2ccccc2)cc1. The van der Waals surface area contributed by atoms with E-state index in [-0.39, 0.29) is 5.91 Å².